The summed E-state index contributed by atoms with van der Waals surface area (Å²) in [6, 6.07) is 10.1. The lowest BCUT2D eigenvalue weighted by Crippen LogP contribution is -2.17. The molecule has 0 spiro atoms. The Balaban J connectivity index is 2.03. The molecule has 1 unspecified atom stereocenters. The van der Waals surface area contributed by atoms with E-state index in [1.165, 1.54) is 4.88 Å². The zero-order chi connectivity index (χ0) is 14.5. The molecule has 0 aliphatic rings. The Labute approximate surface area is 128 Å². The van der Waals surface area contributed by atoms with Crippen molar-refractivity contribution >= 4 is 22.9 Å². The molecule has 108 valence electrons. The number of thiophene rings is 1. The van der Waals surface area contributed by atoms with Gasteiger partial charge >= 0.3 is 0 Å². The maximum absolute atomic E-state index is 5.93. The fourth-order valence-corrected chi connectivity index (χ4v) is 2.98. The van der Waals surface area contributed by atoms with Crippen LogP contribution in [0.2, 0.25) is 4.34 Å². The largest absolute Gasteiger partial charge is 0.493 e. The highest BCUT2D eigenvalue weighted by Crippen LogP contribution is 2.30. The predicted octanol–water partition coefficient (Wildman–Crippen LogP) is 4.27. The average Bonchev–Trinajstić information content (AvgIpc) is 2.89. The second-order valence-corrected chi connectivity index (χ2v) is 6.22. The van der Waals surface area contributed by atoms with Crippen LogP contribution in [0.3, 0.4) is 0 Å². The number of hydrogen-bond acceptors (Lipinski definition) is 4. The van der Waals surface area contributed by atoms with Crippen LogP contribution in [0.15, 0.2) is 30.3 Å². The minimum absolute atomic E-state index is 0.218. The summed E-state index contributed by atoms with van der Waals surface area (Å²) in [6.07, 6.45) is 0. The van der Waals surface area contributed by atoms with Crippen molar-refractivity contribution in [2.24, 2.45) is 0 Å². The molecule has 1 atom stereocenters. The van der Waals surface area contributed by atoms with E-state index in [-0.39, 0.29) is 6.04 Å². The zero-order valence-electron chi connectivity index (χ0n) is 11.8. The van der Waals surface area contributed by atoms with Gasteiger partial charge in [0, 0.05) is 17.5 Å². The summed E-state index contributed by atoms with van der Waals surface area (Å²) < 4.78 is 11.4. The van der Waals surface area contributed by atoms with E-state index in [1.54, 1.807) is 25.6 Å². The number of benzene rings is 1. The van der Waals surface area contributed by atoms with Crippen LogP contribution in [-0.2, 0) is 6.54 Å². The SMILES string of the molecule is COc1ccc(C(C)NCc2ccc(Cl)s2)cc1OC. The topological polar surface area (TPSA) is 30.5 Å². The van der Waals surface area contributed by atoms with E-state index in [0.29, 0.717) is 0 Å². The molecule has 0 fully saturated rings. The van der Waals surface area contributed by atoms with Gasteiger partial charge in [-0.05, 0) is 36.8 Å². The molecule has 20 heavy (non-hydrogen) atoms. The normalized spacial score (nSPS) is 12.2. The molecular formula is C15H18ClNO2S. The summed E-state index contributed by atoms with van der Waals surface area (Å²) in [7, 11) is 3.28. The quantitative estimate of drug-likeness (QED) is 0.864. The van der Waals surface area contributed by atoms with Gasteiger partial charge in [-0.25, -0.2) is 0 Å². The second-order valence-electron chi connectivity index (χ2n) is 4.42. The Morgan fingerprint density at radius 1 is 1.15 bits per heavy atom. The van der Waals surface area contributed by atoms with E-state index in [4.69, 9.17) is 21.1 Å². The van der Waals surface area contributed by atoms with E-state index < -0.39 is 0 Å². The fourth-order valence-electron chi connectivity index (χ4n) is 1.94. The molecule has 1 aromatic carbocycles. The minimum atomic E-state index is 0.218. The molecule has 1 aromatic heterocycles. The fraction of sp³-hybridized carbons (Fsp3) is 0.333. The van der Waals surface area contributed by atoms with Crippen molar-refractivity contribution in [1.29, 1.82) is 0 Å². The maximum atomic E-state index is 5.93. The van der Waals surface area contributed by atoms with E-state index in [1.807, 2.05) is 30.3 Å². The second kappa shape index (κ2) is 6.97. The number of nitrogens with one attached hydrogen (secondary N) is 1. The summed E-state index contributed by atoms with van der Waals surface area (Å²) in [5.74, 6) is 1.49. The smallest absolute Gasteiger partial charge is 0.161 e. The Morgan fingerprint density at radius 2 is 1.90 bits per heavy atom. The minimum Gasteiger partial charge on any atom is -0.493 e. The van der Waals surface area contributed by atoms with Crippen molar-refractivity contribution in [2.75, 3.05) is 14.2 Å². The number of halogens is 1. The summed E-state index contributed by atoms with van der Waals surface area (Å²) in [5.41, 5.74) is 1.16. The molecular weight excluding hydrogens is 294 g/mol. The van der Waals surface area contributed by atoms with Crippen LogP contribution in [0, 0.1) is 0 Å². The standard InChI is InChI=1S/C15H18ClNO2S/c1-10(17-9-12-5-7-15(16)20-12)11-4-6-13(18-2)14(8-11)19-3/h4-8,10,17H,9H2,1-3H3. The van der Waals surface area contributed by atoms with Crippen LogP contribution in [0.1, 0.15) is 23.4 Å². The molecule has 3 nitrogen and oxygen atoms in total. The van der Waals surface area contributed by atoms with Gasteiger partial charge in [-0.3, -0.25) is 0 Å². The van der Waals surface area contributed by atoms with Crippen molar-refractivity contribution in [2.45, 2.75) is 19.5 Å². The molecule has 2 rings (SSSR count). The third-order valence-electron chi connectivity index (χ3n) is 3.12. The third kappa shape index (κ3) is 3.66. The average molecular weight is 312 g/mol. The van der Waals surface area contributed by atoms with Gasteiger partial charge in [-0.15, -0.1) is 11.3 Å². The first-order chi connectivity index (χ1) is 9.63. The lowest BCUT2D eigenvalue weighted by molar-refractivity contribution is 0.354. The Bertz CT molecular complexity index is 571. The molecule has 2 aromatic rings. The highest BCUT2D eigenvalue weighted by molar-refractivity contribution is 7.16. The number of hydrogen-bond donors (Lipinski definition) is 1. The molecule has 1 heterocycles. The van der Waals surface area contributed by atoms with Gasteiger partial charge in [-0.2, -0.15) is 0 Å². The summed E-state index contributed by atoms with van der Waals surface area (Å²) in [4.78, 5) is 1.22. The van der Waals surface area contributed by atoms with Gasteiger partial charge in [0.1, 0.15) is 0 Å². The molecule has 0 amide bonds. The predicted molar refractivity (Wildman–Crippen MR) is 84.1 cm³/mol. The molecule has 0 aliphatic carbocycles. The van der Waals surface area contributed by atoms with Crippen LogP contribution in [0.5, 0.6) is 11.5 Å². The molecule has 1 N–H and O–H groups in total. The van der Waals surface area contributed by atoms with E-state index >= 15 is 0 Å². The monoisotopic (exact) mass is 311 g/mol. The highest BCUT2D eigenvalue weighted by Gasteiger charge is 2.10. The first-order valence-electron chi connectivity index (χ1n) is 6.33. The van der Waals surface area contributed by atoms with E-state index in [2.05, 4.69) is 12.2 Å². The van der Waals surface area contributed by atoms with Gasteiger partial charge in [-0.1, -0.05) is 17.7 Å². The summed E-state index contributed by atoms with van der Waals surface area (Å²) >= 11 is 7.52. The molecule has 5 heteroatoms. The summed E-state index contributed by atoms with van der Waals surface area (Å²) in [5, 5.41) is 3.47. The Morgan fingerprint density at radius 3 is 2.50 bits per heavy atom. The van der Waals surface area contributed by atoms with Crippen LogP contribution in [0.4, 0.5) is 0 Å². The van der Waals surface area contributed by atoms with Gasteiger partial charge in [0.15, 0.2) is 11.5 Å². The van der Waals surface area contributed by atoms with Crippen LogP contribution < -0.4 is 14.8 Å². The Hall–Kier alpha value is -1.23. The first kappa shape index (κ1) is 15.2. The molecule has 0 saturated heterocycles. The lowest BCUT2D eigenvalue weighted by atomic mass is 10.1. The molecule has 0 saturated carbocycles. The lowest BCUT2D eigenvalue weighted by Gasteiger charge is -2.16. The van der Waals surface area contributed by atoms with Gasteiger partial charge in [0.25, 0.3) is 0 Å². The highest BCUT2D eigenvalue weighted by atomic mass is 35.5. The van der Waals surface area contributed by atoms with Crippen molar-refractivity contribution in [3.63, 3.8) is 0 Å². The number of rotatable bonds is 6. The first-order valence-corrected chi connectivity index (χ1v) is 7.53. The molecule has 0 bridgehead atoms. The van der Waals surface area contributed by atoms with Crippen molar-refractivity contribution < 1.29 is 9.47 Å². The molecule has 0 radical (unpaired) electrons. The third-order valence-corrected chi connectivity index (χ3v) is 4.35. The van der Waals surface area contributed by atoms with E-state index in [9.17, 15) is 0 Å². The molecule has 0 aliphatic heterocycles. The van der Waals surface area contributed by atoms with Gasteiger partial charge in [0.05, 0.1) is 18.6 Å². The van der Waals surface area contributed by atoms with Crippen molar-refractivity contribution in [3.05, 3.63) is 45.1 Å². The number of methoxy groups -OCH3 is 2. The van der Waals surface area contributed by atoms with Crippen LogP contribution in [-0.4, -0.2) is 14.2 Å². The van der Waals surface area contributed by atoms with Gasteiger partial charge < -0.3 is 14.8 Å². The zero-order valence-corrected chi connectivity index (χ0v) is 13.3. The maximum Gasteiger partial charge on any atom is 0.161 e. The Kier molecular flexibility index (Phi) is 5.29. The van der Waals surface area contributed by atoms with Crippen LogP contribution >= 0.6 is 22.9 Å². The van der Waals surface area contributed by atoms with E-state index in [0.717, 1.165) is 27.9 Å². The number of ether oxygens (including phenoxy) is 2. The summed E-state index contributed by atoms with van der Waals surface area (Å²) in [6.45, 7) is 2.92. The van der Waals surface area contributed by atoms with Gasteiger partial charge in [0.2, 0.25) is 0 Å². The van der Waals surface area contributed by atoms with Crippen molar-refractivity contribution in [3.8, 4) is 11.5 Å². The van der Waals surface area contributed by atoms with Crippen molar-refractivity contribution in [1.82, 2.24) is 5.32 Å². The van der Waals surface area contributed by atoms with Crippen LogP contribution in [0.25, 0.3) is 0 Å².